The van der Waals surface area contributed by atoms with E-state index in [0.29, 0.717) is 12.7 Å². The topological polar surface area (TPSA) is 43.4 Å². The van der Waals surface area contributed by atoms with Crippen LogP contribution >= 0.6 is 0 Å². The SMILES string of the molecule is CCC(C=O)OC(C)=O. The summed E-state index contributed by atoms with van der Waals surface area (Å²) in [5.74, 6) is -0.408. The van der Waals surface area contributed by atoms with E-state index >= 15 is 0 Å². The maximum absolute atomic E-state index is 10.2. The largest absolute Gasteiger partial charge is 0.455 e. The molecule has 3 nitrogen and oxygen atoms in total. The normalized spacial score (nSPS) is 12.2. The molecule has 1 atom stereocenters. The molecule has 0 spiro atoms. The van der Waals surface area contributed by atoms with E-state index in [4.69, 9.17) is 0 Å². The lowest BCUT2D eigenvalue weighted by atomic mass is 10.3. The second kappa shape index (κ2) is 4.06. The van der Waals surface area contributed by atoms with Crippen LogP contribution in [0.5, 0.6) is 0 Å². The first-order chi connectivity index (χ1) is 4.20. The summed E-state index contributed by atoms with van der Waals surface area (Å²) in [7, 11) is 0. The summed E-state index contributed by atoms with van der Waals surface area (Å²) in [6.07, 6.45) is 0.618. The molecule has 0 bridgehead atoms. The van der Waals surface area contributed by atoms with Crippen LogP contribution in [0.25, 0.3) is 0 Å². The first-order valence-corrected chi connectivity index (χ1v) is 2.83. The van der Waals surface area contributed by atoms with Crippen molar-refractivity contribution in [1.82, 2.24) is 0 Å². The molecule has 0 rings (SSSR count). The third kappa shape index (κ3) is 3.70. The highest BCUT2D eigenvalue weighted by atomic mass is 16.5. The molecule has 0 aromatic carbocycles. The summed E-state index contributed by atoms with van der Waals surface area (Å²) in [6.45, 7) is 3.06. The number of ether oxygens (including phenoxy) is 1. The molecule has 0 aromatic rings. The molecule has 3 heteroatoms. The van der Waals surface area contributed by atoms with Crippen molar-refractivity contribution in [2.24, 2.45) is 0 Å². The molecule has 0 aliphatic carbocycles. The molecule has 0 aliphatic heterocycles. The lowest BCUT2D eigenvalue weighted by Gasteiger charge is -2.05. The van der Waals surface area contributed by atoms with Crippen molar-refractivity contribution in [2.45, 2.75) is 26.4 Å². The molecule has 0 aromatic heterocycles. The van der Waals surface area contributed by atoms with Gasteiger partial charge in [0.05, 0.1) is 0 Å². The van der Waals surface area contributed by atoms with E-state index in [0.717, 1.165) is 0 Å². The summed E-state index contributed by atoms with van der Waals surface area (Å²) in [5.41, 5.74) is 0. The molecule has 0 radical (unpaired) electrons. The number of hydrogen-bond donors (Lipinski definition) is 0. The standard InChI is InChI=1S/C6H10O3/c1-3-6(4-7)9-5(2)8/h4,6H,3H2,1-2H3. The van der Waals surface area contributed by atoms with Gasteiger partial charge in [-0.3, -0.25) is 9.59 Å². The first-order valence-electron chi connectivity index (χ1n) is 2.83. The minimum atomic E-state index is -0.553. The Bertz CT molecular complexity index is 109. The van der Waals surface area contributed by atoms with Gasteiger partial charge in [-0.15, -0.1) is 0 Å². The Labute approximate surface area is 54.0 Å². The lowest BCUT2D eigenvalue weighted by molar-refractivity contribution is -0.149. The molecule has 0 amide bonds. The van der Waals surface area contributed by atoms with Gasteiger partial charge < -0.3 is 4.74 Å². The first kappa shape index (κ1) is 8.14. The quantitative estimate of drug-likeness (QED) is 0.413. The Morgan fingerprint density at radius 3 is 2.44 bits per heavy atom. The van der Waals surface area contributed by atoms with E-state index in [2.05, 4.69) is 4.74 Å². The molecule has 0 aliphatic rings. The van der Waals surface area contributed by atoms with Crippen molar-refractivity contribution in [1.29, 1.82) is 0 Å². The minimum Gasteiger partial charge on any atom is -0.455 e. The highest BCUT2D eigenvalue weighted by molar-refractivity contribution is 5.69. The van der Waals surface area contributed by atoms with Crippen LogP contribution in [0, 0.1) is 0 Å². The molecule has 9 heavy (non-hydrogen) atoms. The van der Waals surface area contributed by atoms with Gasteiger partial charge in [0.25, 0.3) is 0 Å². The Morgan fingerprint density at radius 2 is 2.33 bits per heavy atom. The van der Waals surface area contributed by atoms with E-state index in [-0.39, 0.29) is 0 Å². The van der Waals surface area contributed by atoms with Gasteiger partial charge in [-0.1, -0.05) is 6.92 Å². The molecule has 0 fully saturated rings. The maximum atomic E-state index is 10.2. The number of rotatable bonds is 3. The number of esters is 1. The third-order valence-electron chi connectivity index (χ3n) is 0.871. The van der Waals surface area contributed by atoms with Gasteiger partial charge in [0, 0.05) is 6.92 Å². The maximum Gasteiger partial charge on any atom is 0.303 e. The molecule has 0 saturated heterocycles. The smallest absolute Gasteiger partial charge is 0.303 e. The van der Waals surface area contributed by atoms with Crippen molar-refractivity contribution in [3.63, 3.8) is 0 Å². The molecule has 52 valence electrons. The van der Waals surface area contributed by atoms with Gasteiger partial charge in [0.1, 0.15) is 0 Å². The highest BCUT2D eigenvalue weighted by Gasteiger charge is 2.05. The Balaban J connectivity index is 3.55. The summed E-state index contributed by atoms with van der Waals surface area (Å²) in [6, 6.07) is 0. The summed E-state index contributed by atoms with van der Waals surface area (Å²) in [5, 5.41) is 0. The molecule has 0 heterocycles. The fraction of sp³-hybridized carbons (Fsp3) is 0.667. The van der Waals surface area contributed by atoms with Crippen LogP contribution in [0.15, 0.2) is 0 Å². The highest BCUT2D eigenvalue weighted by Crippen LogP contribution is 1.92. The zero-order valence-electron chi connectivity index (χ0n) is 5.59. The molecular formula is C6H10O3. The van der Waals surface area contributed by atoms with Crippen LogP contribution < -0.4 is 0 Å². The Hall–Kier alpha value is -0.860. The predicted molar refractivity (Wildman–Crippen MR) is 31.9 cm³/mol. The second-order valence-electron chi connectivity index (χ2n) is 1.69. The van der Waals surface area contributed by atoms with Crippen LogP contribution in [0.1, 0.15) is 20.3 Å². The minimum absolute atomic E-state index is 0.408. The molecular weight excluding hydrogens is 120 g/mol. The Morgan fingerprint density at radius 1 is 1.78 bits per heavy atom. The zero-order chi connectivity index (χ0) is 7.28. The van der Waals surface area contributed by atoms with Crippen molar-refractivity contribution >= 4 is 12.3 Å². The molecule has 1 unspecified atom stereocenters. The Kier molecular flexibility index (Phi) is 3.67. The van der Waals surface area contributed by atoms with Crippen LogP contribution in [0.4, 0.5) is 0 Å². The van der Waals surface area contributed by atoms with E-state index in [9.17, 15) is 9.59 Å². The predicted octanol–water partition coefficient (Wildman–Crippen LogP) is 0.527. The van der Waals surface area contributed by atoms with Crippen molar-refractivity contribution in [3.8, 4) is 0 Å². The number of aldehydes is 1. The van der Waals surface area contributed by atoms with Crippen LogP contribution in [0.2, 0.25) is 0 Å². The van der Waals surface area contributed by atoms with Gasteiger partial charge in [0.2, 0.25) is 0 Å². The van der Waals surface area contributed by atoms with Crippen LogP contribution in [-0.4, -0.2) is 18.4 Å². The van der Waals surface area contributed by atoms with E-state index < -0.39 is 12.1 Å². The summed E-state index contributed by atoms with van der Waals surface area (Å²) in [4.78, 5) is 20.2. The number of hydrogen-bond acceptors (Lipinski definition) is 3. The fourth-order valence-corrected chi connectivity index (χ4v) is 0.421. The van der Waals surface area contributed by atoms with Crippen molar-refractivity contribution in [2.75, 3.05) is 0 Å². The van der Waals surface area contributed by atoms with E-state index in [1.54, 1.807) is 6.92 Å². The van der Waals surface area contributed by atoms with Gasteiger partial charge >= 0.3 is 5.97 Å². The second-order valence-corrected chi connectivity index (χ2v) is 1.69. The third-order valence-corrected chi connectivity index (χ3v) is 0.871. The van der Waals surface area contributed by atoms with E-state index in [1.807, 2.05) is 0 Å². The molecule has 0 saturated carbocycles. The summed E-state index contributed by atoms with van der Waals surface area (Å²) < 4.78 is 4.54. The van der Waals surface area contributed by atoms with Gasteiger partial charge in [-0.05, 0) is 6.42 Å². The average Bonchev–Trinajstić information content (AvgIpc) is 1.82. The van der Waals surface area contributed by atoms with Gasteiger partial charge in [-0.2, -0.15) is 0 Å². The summed E-state index contributed by atoms with van der Waals surface area (Å²) >= 11 is 0. The average molecular weight is 130 g/mol. The van der Waals surface area contributed by atoms with Crippen LogP contribution in [0.3, 0.4) is 0 Å². The zero-order valence-corrected chi connectivity index (χ0v) is 5.59. The number of carbonyl (C=O) groups excluding carboxylic acids is 2. The van der Waals surface area contributed by atoms with E-state index in [1.165, 1.54) is 6.92 Å². The van der Waals surface area contributed by atoms with Crippen molar-refractivity contribution in [3.05, 3.63) is 0 Å². The molecule has 0 N–H and O–H groups in total. The van der Waals surface area contributed by atoms with Gasteiger partial charge in [0.15, 0.2) is 12.4 Å². The van der Waals surface area contributed by atoms with Gasteiger partial charge in [-0.25, -0.2) is 0 Å². The fourth-order valence-electron chi connectivity index (χ4n) is 0.421. The van der Waals surface area contributed by atoms with Crippen LogP contribution in [-0.2, 0) is 14.3 Å². The lowest BCUT2D eigenvalue weighted by Crippen LogP contribution is -2.15. The van der Waals surface area contributed by atoms with Crippen molar-refractivity contribution < 1.29 is 14.3 Å². The number of carbonyl (C=O) groups is 2. The monoisotopic (exact) mass is 130 g/mol.